The quantitative estimate of drug-likeness (QED) is 0.575. The summed E-state index contributed by atoms with van der Waals surface area (Å²) in [5.41, 5.74) is 4.46. The zero-order valence-corrected chi connectivity index (χ0v) is 19.9. The van der Waals surface area contributed by atoms with Crippen LogP contribution in [0.2, 0.25) is 5.02 Å². The lowest BCUT2D eigenvalue weighted by Crippen LogP contribution is -2.42. The summed E-state index contributed by atoms with van der Waals surface area (Å²) in [5, 5.41) is 3.84. The number of anilines is 1. The Morgan fingerprint density at radius 3 is 2.50 bits per heavy atom. The minimum absolute atomic E-state index is 0.00205. The number of amides is 1. The normalized spacial score (nSPS) is 14.7. The van der Waals surface area contributed by atoms with Gasteiger partial charge >= 0.3 is 12.1 Å². The van der Waals surface area contributed by atoms with Crippen molar-refractivity contribution in [3.63, 3.8) is 0 Å². The molecule has 1 aromatic heterocycles. The molecule has 1 aliphatic rings. The topological polar surface area (TPSA) is 45.2 Å². The number of alkyl halides is 3. The van der Waals surface area contributed by atoms with E-state index in [1.54, 1.807) is 6.07 Å². The van der Waals surface area contributed by atoms with Gasteiger partial charge in [-0.25, -0.2) is 0 Å². The number of hydrogen-bond acceptors (Lipinski definition) is 4. The second-order valence-corrected chi connectivity index (χ2v) is 11.0. The third kappa shape index (κ3) is 6.54. The average molecular weight is 486 g/mol. The van der Waals surface area contributed by atoms with Crippen LogP contribution in [0.3, 0.4) is 0 Å². The van der Waals surface area contributed by atoms with E-state index in [4.69, 9.17) is 11.6 Å². The lowest BCUT2D eigenvalue weighted by atomic mass is 10.0. The third-order valence-corrected chi connectivity index (χ3v) is 6.80. The molecular weight excluding hydrogens is 459 g/mol. The zero-order valence-electron chi connectivity index (χ0n) is 18.4. The fourth-order valence-electron chi connectivity index (χ4n) is 3.50. The van der Waals surface area contributed by atoms with Crippen LogP contribution in [0.1, 0.15) is 43.2 Å². The number of benzene rings is 1. The summed E-state index contributed by atoms with van der Waals surface area (Å²) >= 11 is 8.25. The highest BCUT2D eigenvalue weighted by Gasteiger charge is 2.42. The fourth-order valence-corrected chi connectivity index (χ4v) is 4.49. The SMILES string of the molecule is CC(C)(C)SCc1ccc(CNc2c(Cl)ccc3c2CCN(C(=O)C(F)(F)F)CC3)cn1. The molecule has 2 heterocycles. The predicted octanol–water partition coefficient (Wildman–Crippen LogP) is 5.87. The van der Waals surface area contributed by atoms with Gasteiger partial charge < -0.3 is 10.2 Å². The van der Waals surface area contributed by atoms with Crippen molar-refractivity contribution in [2.24, 2.45) is 0 Å². The van der Waals surface area contributed by atoms with Gasteiger partial charge in [0, 0.05) is 36.3 Å². The highest BCUT2D eigenvalue weighted by Crippen LogP contribution is 2.33. The van der Waals surface area contributed by atoms with Gasteiger partial charge in [0.25, 0.3) is 0 Å². The maximum absolute atomic E-state index is 12.9. The Kier molecular flexibility index (Phi) is 7.65. The van der Waals surface area contributed by atoms with Crippen molar-refractivity contribution in [1.29, 1.82) is 0 Å². The summed E-state index contributed by atoms with van der Waals surface area (Å²) in [4.78, 5) is 17.1. The standard InChI is InChI=1S/C23H27ClF3N3OS/c1-22(2,3)32-14-17-6-4-15(12-28-17)13-29-20-18-9-11-30(21(31)23(25,26)27)10-8-16(18)5-7-19(20)24/h4-7,12,29H,8-11,13-14H2,1-3H3. The smallest absolute Gasteiger partial charge is 0.379 e. The fraction of sp³-hybridized carbons (Fsp3) is 0.478. The Morgan fingerprint density at radius 2 is 1.88 bits per heavy atom. The molecule has 0 unspecified atom stereocenters. The second kappa shape index (κ2) is 9.91. The van der Waals surface area contributed by atoms with Crippen molar-refractivity contribution in [3.8, 4) is 0 Å². The summed E-state index contributed by atoms with van der Waals surface area (Å²) in [6.07, 6.45) is -2.38. The van der Waals surface area contributed by atoms with Crippen molar-refractivity contribution in [2.75, 3.05) is 18.4 Å². The number of carbonyl (C=O) groups is 1. The number of halogens is 4. The molecule has 0 aliphatic carbocycles. The first-order valence-electron chi connectivity index (χ1n) is 10.4. The van der Waals surface area contributed by atoms with Crippen LogP contribution in [0.25, 0.3) is 0 Å². The molecule has 3 rings (SSSR count). The number of carbonyl (C=O) groups excluding carboxylic acids is 1. The number of thioether (sulfide) groups is 1. The first kappa shape index (κ1) is 24.7. The molecule has 0 spiro atoms. The number of nitrogens with one attached hydrogen (secondary N) is 1. The molecule has 1 aliphatic heterocycles. The van der Waals surface area contributed by atoms with Crippen molar-refractivity contribution in [1.82, 2.24) is 9.88 Å². The zero-order chi connectivity index (χ0) is 23.5. The second-order valence-electron chi connectivity index (χ2n) is 8.76. The van der Waals surface area contributed by atoms with E-state index in [1.807, 2.05) is 36.2 Å². The number of fused-ring (bicyclic) bond motifs is 1. The van der Waals surface area contributed by atoms with Crippen molar-refractivity contribution < 1.29 is 18.0 Å². The highest BCUT2D eigenvalue weighted by atomic mass is 35.5. The van der Waals surface area contributed by atoms with E-state index in [-0.39, 0.29) is 17.8 Å². The van der Waals surface area contributed by atoms with Gasteiger partial charge in [0.05, 0.1) is 16.4 Å². The molecule has 0 fully saturated rings. The molecule has 4 nitrogen and oxygen atoms in total. The number of pyridine rings is 1. The summed E-state index contributed by atoms with van der Waals surface area (Å²) in [5.74, 6) is -0.954. The minimum atomic E-state index is -4.86. The summed E-state index contributed by atoms with van der Waals surface area (Å²) in [6, 6.07) is 7.59. The molecule has 0 saturated carbocycles. The molecule has 1 N–H and O–H groups in total. The maximum Gasteiger partial charge on any atom is 0.471 e. The Labute approximate surface area is 195 Å². The van der Waals surface area contributed by atoms with Crippen LogP contribution in [0, 0.1) is 0 Å². The monoisotopic (exact) mass is 485 g/mol. The third-order valence-electron chi connectivity index (χ3n) is 5.18. The molecule has 1 aromatic carbocycles. The van der Waals surface area contributed by atoms with Crippen molar-refractivity contribution in [3.05, 3.63) is 57.9 Å². The van der Waals surface area contributed by atoms with Crippen LogP contribution in [-0.2, 0) is 29.9 Å². The number of nitrogens with zero attached hydrogens (tertiary/aromatic N) is 2. The van der Waals surface area contributed by atoms with E-state index in [1.165, 1.54) is 0 Å². The van der Waals surface area contributed by atoms with Crippen LogP contribution in [0.15, 0.2) is 30.5 Å². The molecule has 32 heavy (non-hydrogen) atoms. The van der Waals surface area contributed by atoms with Crippen molar-refractivity contribution in [2.45, 2.75) is 56.8 Å². The van der Waals surface area contributed by atoms with Gasteiger partial charge in [-0.2, -0.15) is 13.2 Å². The van der Waals surface area contributed by atoms with Gasteiger partial charge in [-0.05, 0) is 41.7 Å². The van der Waals surface area contributed by atoms with Gasteiger partial charge in [-0.1, -0.05) is 44.5 Å². The van der Waals surface area contributed by atoms with Crippen LogP contribution in [-0.4, -0.2) is 39.8 Å². The number of aromatic nitrogens is 1. The van der Waals surface area contributed by atoms with Gasteiger partial charge in [0.2, 0.25) is 0 Å². The average Bonchev–Trinajstić information content (AvgIpc) is 2.93. The van der Waals surface area contributed by atoms with Crippen LogP contribution in [0.4, 0.5) is 18.9 Å². The van der Waals surface area contributed by atoms with Gasteiger partial charge in [0.15, 0.2) is 0 Å². The molecule has 174 valence electrons. The highest BCUT2D eigenvalue weighted by molar-refractivity contribution is 7.99. The first-order valence-corrected chi connectivity index (χ1v) is 11.8. The van der Waals surface area contributed by atoms with Crippen LogP contribution >= 0.6 is 23.4 Å². The molecule has 0 saturated heterocycles. The summed E-state index contributed by atoms with van der Waals surface area (Å²) in [7, 11) is 0. The maximum atomic E-state index is 12.9. The molecule has 2 aromatic rings. The number of rotatable bonds is 5. The van der Waals surface area contributed by atoms with E-state index in [0.717, 1.165) is 33.0 Å². The summed E-state index contributed by atoms with van der Waals surface area (Å²) < 4.78 is 38.7. The molecule has 1 amide bonds. The van der Waals surface area contributed by atoms with E-state index in [2.05, 4.69) is 31.1 Å². The van der Waals surface area contributed by atoms with Gasteiger partial charge in [-0.15, -0.1) is 11.8 Å². The van der Waals surface area contributed by atoms with Gasteiger partial charge in [0.1, 0.15) is 0 Å². The van der Waals surface area contributed by atoms with Gasteiger partial charge in [-0.3, -0.25) is 9.78 Å². The van der Waals surface area contributed by atoms with Crippen molar-refractivity contribution >= 4 is 35.0 Å². The molecule has 0 radical (unpaired) electrons. The largest absolute Gasteiger partial charge is 0.471 e. The molecular formula is C23H27ClF3N3OS. The lowest BCUT2D eigenvalue weighted by Gasteiger charge is -2.21. The molecule has 0 bridgehead atoms. The lowest BCUT2D eigenvalue weighted by molar-refractivity contribution is -0.185. The first-order chi connectivity index (χ1) is 14.9. The Balaban J connectivity index is 1.68. The predicted molar refractivity (Wildman–Crippen MR) is 124 cm³/mol. The minimum Gasteiger partial charge on any atom is -0.379 e. The molecule has 9 heteroatoms. The van der Waals surface area contributed by atoms with Crippen LogP contribution < -0.4 is 5.32 Å². The van der Waals surface area contributed by atoms with Crippen LogP contribution in [0.5, 0.6) is 0 Å². The number of hydrogen-bond donors (Lipinski definition) is 1. The summed E-state index contributed by atoms with van der Waals surface area (Å²) in [6.45, 7) is 7.02. The molecule has 0 atom stereocenters. The van der Waals surface area contributed by atoms with E-state index in [9.17, 15) is 18.0 Å². The Morgan fingerprint density at radius 1 is 1.16 bits per heavy atom. The Bertz CT molecular complexity index is 959. The van der Waals surface area contributed by atoms with E-state index >= 15 is 0 Å². The Hall–Kier alpha value is -1.93. The van der Waals surface area contributed by atoms with E-state index in [0.29, 0.717) is 30.1 Å². The van der Waals surface area contributed by atoms with E-state index < -0.39 is 12.1 Å².